The number of phenolic OH excluding ortho intramolecular Hbond substituents is 1. The van der Waals surface area contributed by atoms with E-state index in [1.807, 2.05) is 0 Å². The highest BCUT2D eigenvalue weighted by Crippen LogP contribution is 2.26. The van der Waals surface area contributed by atoms with Gasteiger partial charge in [-0.25, -0.2) is 0 Å². The molecule has 1 aromatic carbocycles. The molecule has 0 bridgehead atoms. The summed E-state index contributed by atoms with van der Waals surface area (Å²) in [7, 11) is 0. The molecule has 5 nitrogen and oxygen atoms in total. The van der Waals surface area contributed by atoms with E-state index in [0.29, 0.717) is 16.3 Å². The third-order valence-electron chi connectivity index (χ3n) is 1.57. The average molecular weight is 194 g/mol. The summed E-state index contributed by atoms with van der Waals surface area (Å²) in [6.45, 7) is 0. The first-order valence-electron chi connectivity index (χ1n) is 3.53. The van der Waals surface area contributed by atoms with E-state index >= 15 is 0 Å². The van der Waals surface area contributed by atoms with Crippen molar-refractivity contribution in [3.63, 3.8) is 0 Å². The first-order valence-corrected chi connectivity index (χ1v) is 3.98. The summed E-state index contributed by atoms with van der Waals surface area (Å²) in [6.07, 6.45) is 0. The number of phenols is 1. The van der Waals surface area contributed by atoms with Gasteiger partial charge in [-0.15, -0.1) is 22.8 Å². The molecule has 6 heteroatoms. The van der Waals surface area contributed by atoms with E-state index < -0.39 is 0 Å². The number of nitrogens with one attached hydrogen (secondary N) is 1. The zero-order valence-corrected chi connectivity index (χ0v) is 7.36. The summed E-state index contributed by atoms with van der Waals surface area (Å²) in [6, 6.07) is 4.75. The van der Waals surface area contributed by atoms with Crippen molar-refractivity contribution < 1.29 is 5.11 Å². The highest BCUT2D eigenvalue weighted by atomic mass is 32.1. The molecule has 0 aliphatic heterocycles. The summed E-state index contributed by atoms with van der Waals surface area (Å²) >= 11 is 4.20. The Morgan fingerprint density at radius 1 is 1.38 bits per heavy atom. The van der Waals surface area contributed by atoms with Gasteiger partial charge >= 0.3 is 0 Å². The van der Waals surface area contributed by atoms with Gasteiger partial charge in [0.2, 0.25) is 5.82 Å². The molecule has 0 fully saturated rings. The van der Waals surface area contributed by atoms with Gasteiger partial charge < -0.3 is 5.11 Å². The minimum Gasteiger partial charge on any atom is -0.508 e. The van der Waals surface area contributed by atoms with Crippen LogP contribution >= 0.6 is 12.6 Å². The number of benzene rings is 1. The summed E-state index contributed by atoms with van der Waals surface area (Å²) in [5.74, 6) is 0.568. The van der Waals surface area contributed by atoms with Gasteiger partial charge in [-0.1, -0.05) is 0 Å². The average Bonchev–Trinajstić information content (AvgIpc) is 2.61. The van der Waals surface area contributed by atoms with Crippen LogP contribution in [0.15, 0.2) is 23.1 Å². The van der Waals surface area contributed by atoms with Crippen molar-refractivity contribution in [1.29, 1.82) is 0 Å². The Morgan fingerprint density at radius 2 is 2.23 bits per heavy atom. The van der Waals surface area contributed by atoms with Gasteiger partial charge in [0.05, 0.1) is 0 Å². The second-order valence-electron chi connectivity index (χ2n) is 2.44. The predicted molar refractivity (Wildman–Crippen MR) is 48.5 cm³/mol. The molecule has 0 amide bonds. The van der Waals surface area contributed by atoms with E-state index in [9.17, 15) is 5.11 Å². The van der Waals surface area contributed by atoms with Gasteiger partial charge in [-0.3, -0.25) is 0 Å². The molecule has 0 unspecified atom stereocenters. The quantitative estimate of drug-likeness (QED) is 0.588. The normalized spacial score (nSPS) is 10.2. The van der Waals surface area contributed by atoms with Gasteiger partial charge in [0, 0.05) is 10.5 Å². The van der Waals surface area contributed by atoms with Crippen LogP contribution in [0.1, 0.15) is 0 Å². The van der Waals surface area contributed by atoms with Gasteiger partial charge in [-0.2, -0.15) is 5.21 Å². The van der Waals surface area contributed by atoms with Crippen LogP contribution in [-0.4, -0.2) is 25.7 Å². The zero-order valence-electron chi connectivity index (χ0n) is 6.47. The first kappa shape index (κ1) is 8.06. The van der Waals surface area contributed by atoms with Gasteiger partial charge in [0.15, 0.2) is 0 Å². The minimum atomic E-state index is 0.151. The van der Waals surface area contributed by atoms with Crippen molar-refractivity contribution in [3.05, 3.63) is 18.2 Å². The van der Waals surface area contributed by atoms with E-state index in [4.69, 9.17) is 0 Å². The number of hydrogen-bond acceptors (Lipinski definition) is 5. The van der Waals surface area contributed by atoms with Crippen molar-refractivity contribution in [2.75, 3.05) is 0 Å². The van der Waals surface area contributed by atoms with E-state index in [0.717, 1.165) is 0 Å². The molecule has 1 aromatic heterocycles. The Balaban J connectivity index is 2.57. The summed E-state index contributed by atoms with van der Waals surface area (Å²) in [4.78, 5) is 0.694. The maximum absolute atomic E-state index is 9.22. The van der Waals surface area contributed by atoms with Crippen LogP contribution < -0.4 is 0 Å². The minimum absolute atomic E-state index is 0.151. The molecule has 0 atom stereocenters. The molecule has 66 valence electrons. The fourth-order valence-electron chi connectivity index (χ4n) is 0.979. The maximum Gasteiger partial charge on any atom is 0.205 e. The predicted octanol–water partition coefficient (Wildman–Crippen LogP) is 0.861. The van der Waals surface area contributed by atoms with Crippen molar-refractivity contribution in [2.24, 2.45) is 0 Å². The number of rotatable bonds is 1. The van der Waals surface area contributed by atoms with Crippen LogP contribution in [0.2, 0.25) is 0 Å². The zero-order chi connectivity index (χ0) is 9.26. The van der Waals surface area contributed by atoms with E-state index in [-0.39, 0.29) is 5.75 Å². The lowest BCUT2D eigenvalue weighted by atomic mass is 10.2. The smallest absolute Gasteiger partial charge is 0.205 e. The number of aromatic amines is 1. The van der Waals surface area contributed by atoms with E-state index in [2.05, 4.69) is 33.3 Å². The molecular formula is C7H6N4OS. The highest BCUT2D eigenvalue weighted by Gasteiger charge is 2.07. The molecule has 0 radical (unpaired) electrons. The monoisotopic (exact) mass is 194 g/mol. The first-order chi connectivity index (χ1) is 6.27. The third-order valence-corrected chi connectivity index (χ3v) is 1.96. The molecule has 1 heterocycles. The van der Waals surface area contributed by atoms with Crippen LogP contribution in [-0.2, 0) is 0 Å². The van der Waals surface area contributed by atoms with Gasteiger partial charge in [0.1, 0.15) is 5.75 Å². The molecular weight excluding hydrogens is 188 g/mol. The fourth-order valence-corrected chi connectivity index (χ4v) is 1.22. The van der Waals surface area contributed by atoms with Crippen molar-refractivity contribution in [2.45, 2.75) is 4.90 Å². The topological polar surface area (TPSA) is 74.7 Å². The fraction of sp³-hybridized carbons (Fsp3) is 0. The SMILES string of the molecule is Oc1ccc(S)c(-c2nn[nH]n2)c1. The largest absolute Gasteiger partial charge is 0.508 e. The second kappa shape index (κ2) is 3.06. The van der Waals surface area contributed by atoms with Crippen LogP contribution in [0.3, 0.4) is 0 Å². The molecule has 2 N–H and O–H groups in total. The maximum atomic E-state index is 9.22. The molecule has 0 aliphatic rings. The van der Waals surface area contributed by atoms with Crippen molar-refractivity contribution in [1.82, 2.24) is 20.6 Å². The lowest BCUT2D eigenvalue weighted by Gasteiger charge is -1.99. The van der Waals surface area contributed by atoms with Crippen molar-refractivity contribution >= 4 is 12.6 Å². The lowest BCUT2D eigenvalue weighted by molar-refractivity contribution is 0.475. The molecule has 0 spiro atoms. The van der Waals surface area contributed by atoms with Crippen LogP contribution in [0.5, 0.6) is 5.75 Å². The summed E-state index contributed by atoms with van der Waals surface area (Å²) in [5, 5.41) is 22.5. The molecule has 13 heavy (non-hydrogen) atoms. The third kappa shape index (κ3) is 1.48. The van der Waals surface area contributed by atoms with Gasteiger partial charge in [0.25, 0.3) is 0 Å². The molecule has 0 aliphatic carbocycles. The van der Waals surface area contributed by atoms with E-state index in [1.54, 1.807) is 12.1 Å². The van der Waals surface area contributed by atoms with Crippen LogP contribution in [0, 0.1) is 0 Å². The Morgan fingerprint density at radius 3 is 2.92 bits per heavy atom. The molecule has 0 saturated heterocycles. The Bertz CT molecular complexity index is 414. The Hall–Kier alpha value is -1.56. The van der Waals surface area contributed by atoms with E-state index in [1.165, 1.54) is 6.07 Å². The lowest BCUT2D eigenvalue weighted by Crippen LogP contribution is -1.83. The summed E-state index contributed by atoms with van der Waals surface area (Å²) < 4.78 is 0. The Kier molecular flexibility index (Phi) is 1.90. The number of H-pyrrole nitrogens is 1. The molecule has 2 aromatic rings. The van der Waals surface area contributed by atoms with Crippen LogP contribution in [0.4, 0.5) is 0 Å². The number of hydrogen-bond donors (Lipinski definition) is 3. The summed E-state index contributed by atoms with van der Waals surface area (Å²) in [5.41, 5.74) is 0.650. The second-order valence-corrected chi connectivity index (χ2v) is 2.92. The number of nitrogens with zero attached hydrogens (tertiary/aromatic N) is 3. The Labute approximate surface area is 79.2 Å². The number of tetrazole rings is 1. The standard InChI is InChI=1S/C7H6N4OS/c12-4-1-2-6(13)5(3-4)7-8-10-11-9-7/h1-3,12-13H,(H,8,9,10,11). The van der Waals surface area contributed by atoms with Gasteiger partial charge in [-0.05, 0) is 23.4 Å². The number of thiol groups is 1. The van der Waals surface area contributed by atoms with Crippen LogP contribution in [0.25, 0.3) is 11.4 Å². The number of aromatic hydroxyl groups is 1. The van der Waals surface area contributed by atoms with Crippen molar-refractivity contribution in [3.8, 4) is 17.1 Å². The molecule has 0 saturated carbocycles. The number of aromatic nitrogens is 4. The molecule has 2 rings (SSSR count). The highest BCUT2D eigenvalue weighted by molar-refractivity contribution is 7.80.